The van der Waals surface area contributed by atoms with Gasteiger partial charge in [-0.25, -0.2) is 9.59 Å². The van der Waals surface area contributed by atoms with Crippen LogP contribution in [0.25, 0.3) is 0 Å². The van der Waals surface area contributed by atoms with Crippen molar-refractivity contribution in [3.05, 3.63) is 47.1 Å². The summed E-state index contributed by atoms with van der Waals surface area (Å²) in [6.45, 7) is 7.66. The van der Waals surface area contributed by atoms with Gasteiger partial charge in [0, 0.05) is 25.3 Å². The lowest BCUT2D eigenvalue weighted by Crippen LogP contribution is -2.35. The SMILES string of the molecule is C=C1C(=O)O[C@@H]2/C=C(\C)[C@@H](OC(C)=O)C/C=C(\CO)C[C@@H](OC(=O)/C(=C/C)CO)[C@@H]12. The minimum absolute atomic E-state index is 0.0793. The molecule has 0 amide bonds. The molecule has 0 bridgehead atoms. The Bertz CT molecular complexity index is 804. The molecule has 4 atom stereocenters. The molecule has 8 nitrogen and oxygen atoms in total. The average molecular weight is 420 g/mol. The molecule has 1 heterocycles. The molecule has 1 saturated heterocycles. The standard InChI is InChI=1S/C22H28O8/c1-5-16(11-24)22(27)30-19-9-15(10-23)6-7-17(28-14(4)25)12(2)8-18-20(19)13(3)21(26)29-18/h5-6,8,17-20,23-24H,3,7,9-11H2,1-2,4H3/b12-8+,15-6-,16-5+/t17-,18+,19+,20-/m0/s1. The van der Waals surface area contributed by atoms with Crippen molar-refractivity contribution in [1.82, 2.24) is 0 Å². The Labute approximate surface area is 175 Å². The number of aliphatic hydroxyl groups is 2. The highest BCUT2D eigenvalue weighted by atomic mass is 16.6. The number of hydrogen-bond donors (Lipinski definition) is 2. The summed E-state index contributed by atoms with van der Waals surface area (Å²) in [5.74, 6) is -2.48. The van der Waals surface area contributed by atoms with Gasteiger partial charge in [-0.3, -0.25) is 4.79 Å². The molecule has 8 heteroatoms. The normalized spacial score (nSPS) is 30.9. The quantitative estimate of drug-likeness (QED) is 0.297. The number of carbonyl (C=O) groups is 3. The summed E-state index contributed by atoms with van der Waals surface area (Å²) in [6.07, 6.45) is 3.08. The van der Waals surface area contributed by atoms with Gasteiger partial charge in [-0.15, -0.1) is 0 Å². The molecule has 2 aliphatic rings. The summed E-state index contributed by atoms with van der Waals surface area (Å²) in [4.78, 5) is 36.2. The molecule has 0 aromatic rings. The highest BCUT2D eigenvalue weighted by Gasteiger charge is 2.45. The van der Waals surface area contributed by atoms with Gasteiger partial charge in [0.05, 0.1) is 24.7 Å². The summed E-state index contributed by atoms with van der Waals surface area (Å²) >= 11 is 0. The van der Waals surface area contributed by atoms with Gasteiger partial charge in [0.25, 0.3) is 0 Å². The van der Waals surface area contributed by atoms with Crippen LogP contribution in [0.1, 0.15) is 33.6 Å². The Kier molecular flexibility index (Phi) is 8.14. The van der Waals surface area contributed by atoms with E-state index in [4.69, 9.17) is 14.2 Å². The molecule has 164 valence electrons. The Morgan fingerprint density at radius 3 is 2.60 bits per heavy atom. The monoisotopic (exact) mass is 420 g/mol. The molecule has 2 N–H and O–H groups in total. The van der Waals surface area contributed by atoms with Crippen LogP contribution in [-0.4, -0.2) is 59.6 Å². The van der Waals surface area contributed by atoms with Gasteiger partial charge >= 0.3 is 17.9 Å². The van der Waals surface area contributed by atoms with Gasteiger partial charge < -0.3 is 24.4 Å². The van der Waals surface area contributed by atoms with Crippen molar-refractivity contribution in [2.75, 3.05) is 13.2 Å². The highest BCUT2D eigenvalue weighted by Crippen LogP contribution is 2.36. The maximum atomic E-state index is 12.5. The highest BCUT2D eigenvalue weighted by molar-refractivity contribution is 5.92. The molecule has 0 spiro atoms. The topological polar surface area (TPSA) is 119 Å². The molecule has 1 fully saturated rings. The fraction of sp³-hybridized carbons (Fsp3) is 0.500. The predicted octanol–water partition coefficient (Wildman–Crippen LogP) is 1.53. The number of carbonyl (C=O) groups excluding carboxylic acids is 3. The van der Waals surface area contributed by atoms with Crippen LogP contribution >= 0.6 is 0 Å². The minimum atomic E-state index is -0.851. The lowest BCUT2D eigenvalue weighted by molar-refractivity contribution is -0.148. The fourth-order valence-electron chi connectivity index (χ4n) is 3.55. The first-order chi connectivity index (χ1) is 14.2. The summed E-state index contributed by atoms with van der Waals surface area (Å²) in [5, 5.41) is 19.2. The zero-order valence-electron chi connectivity index (χ0n) is 17.4. The number of aliphatic hydroxyl groups excluding tert-OH is 2. The molecule has 30 heavy (non-hydrogen) atoms. The van der Waals surface area contributed by atoms with E-state index in [-0.39, 0.29) is 24.2 Å². The van der Waals surface area contributed by atoms with E-state index in [9.17, 15) is 24.6 Å². The lowest BCUT2D eigenvalue weighted by atomic mass is 9.85. The van der Waals surface area contributed by atoms with Gasteiger partial charge in [0.1, 0.15) is 18.3 Å². The van der Waals surface area contributed by atoms with Gasteiger partial charge in [-0.1, -0.05) is 18.7 Å². The van der Waals surface area contributed by atoms with Gasteiger partial charge in [-0.05, 0) is 31.1 Å². The maximum absolute atomic E-state index is 12.5. The lowest BCUT2D eigenvalue weighted by Gasteiger charge is -2.29. The first-order valence-corrected chi connectivity index (χ1v) is 9.72. The fourth-order valence-corrected chi connectivity index (χ4v) is 3.55. The third-order valence-electron chi connectivity index (χ3n) is 5.23. The van der Waals surface area contributed by atoms with Gasteiger partial charge in [-0.2, -0.15) is 0 Å². The average Bonchev–Trinajstić information content (AvgIpc) is 2.96. The van der Waals surface area contributed by atoms with E-state index in [2.05, 4.69) is 6.58 Å². The zero-order chi connectivity index (χ0) is 22.4. The molecule has 1 aliphatic heterocycles. The largest absolute Gasteiger partial charge is 0.458 e. The smallest absolute Gasteiger partial charge is 0.336 e. The number of ether oxygens (including phenoxy) is 3. The minimum Gasteiger partial charge on any atom is -0.458 e. The Hall–Kier alpha value is -2.71. The van der Waals surface area contributed by atoms with Gasteiger partial charge in [0.2, 0.25) is 0 Å². The molecule has 0 aromatic heterocycles. The zero-order valence-corrected chi connectivity index (χ0v) is 17.4. The molecular formula is C22H28O8. The number of hydrogen-bond acceptors (Lipinski definition) is 8. The third-order valence-corrected chi connectivity index (χ3v) is 5.23. The van der Waals surface area contributed by atoms with Crippen molar-refractivity contribution in [3.63, 3.8) is 0 Å². The molecular weight excluding hydrogens is 392 g/mol. The molecule has 0 unspecified atom stereocenters. The van der Waals surface area contributed by atoms with E-state index >= 15 is 0 Å². The number of rotatable bonds is 5. The van der Waals surface area contributed by atoms with Crippen molar-refractivity contribution < 1.29 is 38.8 Å². The van der Waals surface area contributed by atoms with Crippen LogP contribution in [-0.2, 0) is 28.6 Å². The Morgan fingerprint density at radius 2 is 2.03 bits per heavy atom. The summed E-state index contributed by atoms with van der Waals surface area (Å²) < 4.78 is 16.4. The third kappa shape index (κ3) is 5.46. The molecule has 0 saturated carbocycles. The van der Waals surface area contributed by atoms with E-state index in [0.29, 0.717) is 17.6 Å². The van der Waals surface area contributed by atoms with Crippen molar-refractivity contribution >= 4 is 17.9 Å². The summed E-state index contributed by atoms with van der Waals surface area (Å²) in [5.41, 5.74) is 1.44. The van der Waals surface area contributed by atoms with E-state index in [1.54, 1.807) is 26.0 Å². The van der Waals surface area contributed by atoms with Crippen molar-refractivity contribution in [1.29, 1.82) is 0 Å². The maximum Gasteiger partial charge on any atom is 0.336 e. The summed E-state index contributed by atoms with van der Waals surface area (Å²) in [7, 11) is 0. The summed E-state index contributed by atoms with van der Waals surface area (Å²) in [6, 6.07) is 0. The van der Waals surface area contributed by atoms with E-state index < -0.39 is 48.7 Å². The van der Waals surface area contributed by atoms with E-state index in [0.717, 1.165) is 0 Å². The number of allylic oxidation sites excluding steroid dienone is 1. The Morgan fingerprint density at radius 1 is 1.33 bits per heavy atom. The first-order valence-electron chi connectivity index (χ1n) is 9.72. The second-order valence-corrected chi connectivity index (χ2v) is 7.31. The van der Waals surface area contributed by atoms with E-state index in [1.165, 1.54) is 13.0 Å². The predicted molar refractivity (Wildman–Crippen MR) is 107 cm³/mol. The van der Waals surface area contributed by atoms with Crippen LogP contribution < -0.4 is 0 Å². The van der Waals surface area contributed by atoms with Crippen LogP contribution in [0.2, 0.25) is 0 Å². The van der Waals surface area contributed by atoms with Crippen LogP contribution in [0.3, 0.4) is 0 Å². The second kappa shape index (κ2) is 10.4. The number of esters is 3. The van der Waals surface area contributed by atoms with Crippen LogP contribution in [0.5, 0.6) is 0 Å². The second-order valence-electron chi connectivity index (χ2n) is 7.31. The van der Waals surface area contributed by atoms with Crippen molar-refractivity contribution in [2.45, 2.75) is 51.9 Å². The molecule has 1 aliphatic carbocycles. The van der Waals surface area contributed by atoms with Crippen LogP contribution in [0, 0.1) is 5.92 Å². The van der Waals surface area contributed by atoms with Crippen LogP contribution in [0.4, 0.5) is 0 Å². The molecule has 0 aromatic carbocycles. The molecule has 2 rings (SSSR count). The van der Waals surface area contributed by atoms with Gasteiger partial charge in [0.15, 0.2) is 0 Å². The number of fused-ring (bicyclic) bond motifs is 1. The molecule has 0 radical (unpaired) electrons. The first kappa shape index (κ1) is 23.6. The Balaban J connectivity index is 2.47. The van der Waals surface area contributed by atoms with Crippen molar-refractivity contribution in [3.8, 4) is 0 Å². The van der Waals surface area contributed by atoms with Crippen molar-refractivity contribution in [2.24, 2.45) is 5.92 Å². The van der Waals surface area contributed by atoms with Crippen LogP contribution in [0.15, 0.2) is 47.1 Å². The van der Waals surface area contributed by atoms with E-state index in [1.807, 2.05) is 0 Å².